The molecule has 0 unspecified atom stereocenters. The third-order valence-electron chi connectivity index (χ3n) is 12.7. The molecule has 0 saturated heterocycles. The van der Waals surface area contributed by atoms with Gasteiger partial charge in [0.25, 0.3) is 0 Å². The van der Waals surface area contributed by atoms with Crippen molar-refractivity contribution in [1.29, 1.82) is 0 Å². The maximum Gasteiger partial charge on any atom is 0.0547 e. The molecule has 4 heteroatoms. The van der Waals surface area contributed by atoms with Gasteiger partial charge in [0, 0.05) is 70.2 Å². The summed E-state index contributed by atoms with van der Waals surface area (Å²) in [6.07, 6.45) is 0. The van der Waals surface area contributed by atoms with Gasteiger partial charge < -0.3 is 14.0 Å². The van der Waals surface area contributed by atoms with Crippen molar-refractivity contribution < 1.29 is 0 Å². The molecule has 0 bridgehead atoms. The van der Waals surface area contributed by atoms with E-state index in [9.17, 15) is 0 Å². The van der Waals surface area contributed by atoms with Crippen LogP contribution in [0.5, 0.6) is 0 Å². The molecule has 3 aromatic heterocycles. The summed E-state index contributed by atoms with van der Waals surface area (Å²) in [5.74, 6) is 0. The van der Waals surface area contributed by atoms with Gasteiger partial charge in [-0.2, -0.15) is 0 Å². The molecule has 0 amide bonds. The van der Waals surface area contributed by atoms with Crippen molar-refractivity contribution in [2.24, 2.45) is 0 Å². The lowest BCUT2D eigenvalue weighted by Gasteiger charge is -2.26. The van der Waals surface area contributed by atoms with Crippen LogP contribution < -0.4 is 4.90 Å². The van der Waals surface area contributed by atoms with Gasteiger partial charge in [-0.25, -0.2) is 0 Å². The van der Waals surface area contributed by atoms with E-state index in [-0.39, 0.29) is 0 Å². The number of hydrogen-bond acceptors (Lipinski definition) is 2. The fraction of sp³-hybridized carbons (Fsp3) is 0. The fourth-order valence-corrected chi connectivity index (χ4v) is 11.2. The molecule has 0 saturated carbocycles. The normalized spacial score (nSPS) is 11.9. The number of hydrogen-bond donors (Lipinski definition) is 0. The molecule has 13 aromatic rings. The topological polar surface area (TPSA) is 13.1 Å². The van der Waals surface area contributed by atoms with E-state index in [4.69, 9.17) is 0 Å². The Morgan fingerprint density at radius 1 is 0.339 bits per heavy atom. The number of anilines is 3. The number of nitrogens with zero attached hydrogens (tertiary/aromatic N) is 3. The minimum absolute atomic E-state index is 1.10. The number of para-hydroxylation sites is 3. The number of rotatable bonds is 6. The van der Waals surface area contributed by atoms with Crippen molar-refractivity contribution in [3.63, 3.8) is 0 Å². The third-order valence-corrected chi connectivity index (χ3v) is 13.9. The van der Waals surface area contributed by atoms with Gasteiger partial charge in [-0.3, -0.25) is 0 Å². The van der Waals surface area contributed by atoms with Crippen LogP contribution in [0.2, 0.25) is 0 Å². The molecular formula is C58H37N3S. The number of aromatic nitrogens is 2. The summed E-state index contributed by atoms with van der Waals surface area (Å²) >= 11 is 1.88. The van der Waals surface area contributed by atoms with Gasteiger partial charge >= 0.3 is 0 Å². The van der Waals surface area contributed by atoms with Crippen molar-refractivity contribution >= 4 is 103 Å². The standard InChI is InChI=1S/C58H37N3S/c1-3-15-40(16-4-1)60-52-24-11-9-20-47(52)50-36-43(31-34-53(50)60)59(42-29-26-39(27-30-42)46-22-13-23-49-48-21-10-12-25-56(48)62-58(46)49)44-32-35-54-51(37-44)57-45-19-8-7-14-38(45)28-33-55(57)61(54)41-17-5-2-6-18-41/h1-37H. The Hall–Kier alpha value is -7.92. The molecule has 290 valence electrons. The van der Waals surface area contributed by atoms with Crippen LogP contribution in [0.1, 0.15) is 0 Å². The smallest absolute Gasteiger partial charge is 0.0547 e. The molecule has 0 N–H and O–H groups in total. The van der Waals surface area contributed by atoms with E-state index in [0.717, 1.165) is 28.4 Å². The van der Waals surface area contributed by atoms with E-state index in [1.54, 1.807) is 0 Å². The first kappa shape index (κ1) is 34.9. The van der Waals surface area contributed by atoms with Crippen molar-refractivity contribution in [1.82, 2.24) is 9.13 Å². The molecule has 0 atom stereocenters. The highest BCUT2D eigenvalue weighted by Gasteiger charge is 2.21. The highest BCUT2D eigenvalue weighted by molar-refractivity contribution is 7.26. The van der Waals surface area contributed by atoms with Crippen molar-refractivity contribution in [3.05, 3.63) is 224 Å². The van der Waals surface area contributed by atoms with Gasteiger partial charge in [0.05, 0.1) is 22.1 Å². The highest BCUT2D eigenvalue weighted by Crippen LogP contribution is 2.45. The Kier molecular flexibility index (Phi) is 7.78. The van der Waals surface area contributed by atoms with Crippen molar-refractivity contribution in [3.8, 4) is 22.5 Å². The second-order valence-electron chi connectivity index (χ2n) is 16.1. The van der Waals surface area contributed by atoms with Gasteiger partial charge in [0.15, 0.2) is 0 Å². The molecular weight excluding hydrogens is 771 g/mol. The average Bonchev–Trinajstić information content (AvgIpc) is 4.00. The molecule has 3 nitrogen and oxygen atoms in total. The SMILES string of the molecule is c1ccc(-n2c3ccccc3c3cc(N(c4ccc(-c5cccc6c5sc5ccccc56)cc4)c4ccc5c(c4)c4c6ccccc6ccc4n5-c4ccccc4)ccc32)cc1. The van der Waals surface area contributed by atoms with E-state index in [1.807, 2.05) is 11.3 Å². The van der Waals surface area contributed by atoms with Gasteiger partial charge in [-0.1, -0.05) is 133 Å². The zero-order valence-electron chi connectivity index (χ0n) is 33.6. The molecule has 0 fully saturated rings. The van der Waals surface area contributed by atoms with E-state index in [0.29, 0.717) is 0 Å². The Morgan fingerprint density at radius 2 is 0.887 bits per heavy atom. The molecule has 0 aliphatic carbocycles. The zero-order valence-corrected chi connectivity index (χ0v) is 34.4. The summed E-state index contributed by atoms with van der Waals surface area (Å²) in [5.41, 5.74) is 12.8. The van der Waals surface area contributed by atoms with Gasteiger partial charge in [-0.15, -0.1) is 11.3 Å². The van der Waals surface area contributed by atoms with Crippen LogP contribution in [0.3, 0.4) is 0 Å². The van der Waals surface area contributed by atoms with Gasteiger partial charge in [-0.05, 0) is 113 Å². The van der Waals surface area contributed by atoms with Crippen LogP contribution in [0, 0.1) is 0 Å². The Labute approximate surface area is 362 Å². The lowest BCUT2D eigenvalue weighted by Crippen LogP contribution is -2.10. The second kappa shape index (κ2) is 13.8. The molecule has 13 rings (SSSR count). The number of thiophene rings is 1. The molecule has 0 radical (unpaired) electrons. The quantitative estimate of drug-likeness (QED) is 0.163. The molecule has 62 heavy (non-hydrogen) atoms. The molecule has 0 aliphatic heterocycles. The Bertz CT molecular complexity index is 3860. The lowest BCUT2D eigenvalue weighted by atomic mass is 10.0. The van der Waals surface area contributed by atoms with Crippen molar-refractivity contribution in [2.45, 2.75) is 0 Å². The van der Waals surface area contributed by atoms with Crippen LogP contribution in [0.15, 0.2) is 224 Å². The predicted octanol–water partition coefficient (Wildman–Crippen LogP) is 16.5. The minimum Gasteiger partial charge on any atom is -0.310 e. The van der Waals surface area contributed by atoms with E-state index in [1.165, 1.54) is 85.7 Å². The van der Waals surface area contributed by atoms with Gasteiger partial charge in [0.1, 0.15) is 0 Å². The van der Waals surface area contributed by atoms with Crippen molar-refractivity contribution in [2.75, 3.05) is 4.90 Å². The van der Waals surface area contributed by atoms with E-state index in [2.05, 4.69) is 238 Å². The maximum atomic E-state index is 2.44. The first-order chi connectivity index (χ1) is 30.8. The molecule has 3 heterocycles. The zero-order chi connectivity index (χ0) is 40.7. The molecule has 0 spiro atoms. The summed E-state index contributed by atoms with van der Waals surface area (Å²) in [4.78, 5) is 2.44. The maximum absolute atomic E-state index is 2.44. The first-order valence-corrected chi connectivity index (χ1v) is 22.0. The largest absolute Gasteiger partial charge is 0.310 e. The summed E-state index contributed by atoms with van der Waals surface area (Å²) in [6, 6.07) is 82.2. The average molecular weight is 808 g/mol. The first-order valence-electron chi connectivity index (χ1n) is 21.2. The lowest BCUT2D eigenvalue weighted by molar-refractivity contribution is 1.18. The monoisotopic (exact) mass is 807 g/mol. The minimum atomic E-state index is 1.10. The fourth-order valence-electron chi connectivity index (χ4n) is 9.94. The molecule has 10 aromatic carbocycles. The van der Waals surface area contributed by atoms with Crippen LogP contribution in [-0.4, -0.2) is 9.13 Å². The third kappa shape index (κ3) is 5.30. The number of fused-ring (bicyclic) bond motifs is 11. The van der Waals surface area contributed by atoms with Crippen LogP contribution in [0.25, 0.3) is 97.1 Å². The van der Waals surface area contributed by atoms with E-state index < -0.39 is 0 Å². The summed E-state index contributed by atoms with van der Waals surface area (Å²) < 4.78 is 7.45. The predicted molar refractivity (Wildman–Crippen MR) is 266 cm³/mol. The van der Waals surface area contributed by atoms with Crippen LogP contribution >= 0.6 is 11.3 Å². The summed E-state index contributed by atoms with van der Waals surface area (Å²) in [5, 5.41) is 10.0. The Balaban J connectivity index is 1.05. The number of benzene rings is 10. The second-order valence-corrected chi connectivity index (χ2v) is 17.2. The van der Waals surface area contributed by atoms with Gasteiger partial charge in [0.2, 0.25) is 0 Å². The van der Waals surface area contributed by atoms with Crippen LogP contribution in [-0.2, 0) is 0 Å². The highest BCUT2D eigenvalue weighted by atomic mass is 32.1. The summed E-state index contributed by atoms with van der Waals surface area (Å²) in [7, 11) is 0. The van der Waals surface area contributed by atoms with Crippen LogP contribution in [0.4, 0.5) is 17.1 Å². The molecule has 0 aliphatic rings. The summed E-state index contributed by atoms with van der Waals surface area (Å²) in [6.45, 7) is 0. The van der Waals surface area contributed by atoms with E-state index >= 15 is 0 Å². The Morgan fingerprint density at radius 3 is 1.65 bits per heavy atom.